The topological polar surface area (TPSA) is 0 Å². The van der Waals surface area contributed by atoms with E-state index in [0.29, 0.717) is 5.92 Å². The molecule has 0 spiro atoms. The third-order valence-electron chi connectivity index (χ3n) is 4.72. The molecule has 0 bridgehead atoms. The van der Waals surface area contributed by atoms with Crippen molar-refractivity contribution in [3.63, 3.8) is 0 Å². The predicted molar refractivity (Wildman–Crippen MR) is 97.4 cm³/mol. The van der Waals surface area contributed by atoms with Crippen LogP contribution in [0.5, 0.6) is 0 Å². The van der Waals surface area contributed by atoms with Crippen molar-refractivity contribution in [2.45, 2.75) is 64.2 Å². The molecule has 0 aromatic heterocycles. The van der Waals surface area contributed by atoms with E-state index in [1.807, 2.05) is 0 Å². The van der Waals surface area contributed by atoms with Crippen molar-refractivity contribution in [1.29, 1.82) is 0 Å². The van der Waals surface area contributed by atoms with Gasteiger partial charge >= 0.3 is 0 Å². The van der Waals surface area contributed by atoms with E-state index in [1.165, 1.54) is 49.7 Å². The number of rotatable bonds is 9. The Morgan fingerprint density at radius 1 is 0.682 bits per heavy atom. The summed E-state index contributed by atoms with van der Waals surface area (Å²) >= 11 is 0. The third kappa shape index (κ3) is 5.33. The molecule has 22 heavy (non-hydrogen) atoms. The predicted octanol–water partition coefficient (Wildman–Crippen LogP) is 6.93. The molecule has 2 aromatic carbocycles. The summed E-state index contributed by atoms with van der Waals surface area (Å²) in [6.07, 6.45) is 7.91. The fraction of sp³-hybridized carbons (Fsp3) is 0.455. The average molecular weight is 294 g/mol. The molecule has 2 unspecified atom stereocenters. The van der Waals surface area contributed by atoms with Crippen LogP contribution in [-0.4, -0.2) is 0 Å². The molecule has 2 atom stereocenters. The maximum Gasteiger partial charge on any atom is -0.0162 e. The maximum absolute atomic E-state index is 2.36. The molecule has 0 saturated heterocycles. The summed E-state index contributed by atoms with van der Waals surface area (Å²) < 4.78 is 0. The average Bonchev–Trinajstić information content (AvgIpc) is 2.59. The molecule has 0 nitrogen and oxygen atoms in total. The molecular formula is C22H30. The minimum atomic E-state index is 0.683. The molecule has 118 valence electrons. The second kappa shape index (κ2) is 9.46. The summed E-state index contributed by atoms with van der Waals surface area (Å²) in [7, 11) is 0. The largest absolute Gasteiger partial charge is 0.0654 e. The lowest BCUT2D eigenvalue weighted by molar-refractivity contribution is 0.508. The van der Waals surface area contributed by atoms with Crippen molar-refractivity contribution in [2.75, 3.05) is 0 Å². The molecule has 2 aromatic rings. The summed E-state index contributed by atoms with van der Waals surface area (Å²) in [5, 5.41) is 0. The number of benzene rings is 2. The van der Waals surface area contributed by atoms with Crippen molar-refractivity contribution in [3.05, 3.63) is 71.8 Å². The Bertz CT molecular complexity index is 500. The smallest absolute Gasteiger partial charge is 0.0162 e. The van der Waals surface area contributed by atoms with Crippen LogP contribution in [0.2, 0.25) is 0 Å². The van der Waals surface area contributed by atoms with Crippen molar-refractivity contribution in [2.24, 2.45) is 0 Å². The van der Waals surface area contributed by atoms with Gasteiger partial charge in [-0.05, 0) is 42.2 Å². The van der Waals surface area contributed by atoms with E-state index in [-0.39, 0.29) is 0 Å². The third-order valence-corrected chi connectivity index (χ3v) is 4.72. The van der Waals surface area contributed by atoms with Gasteiger partial charge in [-0.15, -0.1) is 0 Å². The Labute approximate surface area is 136 Å². The van der Waals surface area contributed by atoms with Gasteiger partial charge in [-0.1, -0.05) is 93.8 Å². The van der Waals surface area contributed by atoms with Gasteiger partial charge in [0.2, 0.25) is 0 Å². The minimum Gasteiger partial charge on any atom is -0.0654 e. The Morgan fingerprint density at radius 2 is 1.23 bits per heavy atom. The summed E-state index contributed by atoms with van der Waals surface area (Å²) in [5.74, 6) is 1.43. The van der Waals surface area contributed by atoms with Crippen molar-refractivity contribution in [3.8, 4) is 0 Å². The van der Waals surface area contributed by atoms with Crippen molar-refractivity contribution >= 4 is 0 Å². The highest BCUT2D eigenvalue weighted by Crippen LogP contribution is 2.28. The second-order valence-electron chi connectivity index (χ2n) is 6.49. The van der Waals surface area contributed by atoms with Crippen LogP contribution in [0, 0.1) is 0 Å². The summed E-state index contributed by atoms with van der Waals surface area (Å²) in [4.78, 5) is 0. The van der Waals surface area contributed by atoms with Crippen LogP contribution >= 0.6 is 0 Å². The van der Waals surface area contributed by atoms with Crippen LogP contribution < -0.4 is 0 Å². The van der Waals surface area contributed by atoms with E-state index in [9.17, 15) is 0 Å². The van der Waals surface area contributed by atoms with E-state index >= 15 is 0 Å². The highest BCUT2D eigenvalue weighted by molar-refractivity contribution is 5.20. The van der Waals surface area contributed by atoms with Crippen LogP contribution in [0.1, 0.15) is 75.3 Å². The Morgan fingerprint density at radius 3 is 1.82 bits per heavy atom. The van der Waals surface area contributed by atoms with Crippen molar-refractivity contribution < 1.29 is 0 Å². The molecule has 0 heteroatoms. The Hall–Kier alpha value is -1.56. The molecular weight excluding hydrogens is 264 g/mol. The zero-order valence-electron chi connectivity index (χ0n) is 14.2. The van der Waals surface area contributed by atoms with Gasteiger partial charge in [0.25, 0.3) is 0 Å². The van der Waals surface area contributed by atoms with Crippen molar-refractivity contribution in [1.82, 2.24) is 0 Å². The molecule has 0 aliphatic heterocycles. The Balaban J connectivity index is 1.76. The van der Waals surface area contributed by atoms with Crippen LogP contribution in [0.3, 0.4) is 0 Å². The quantitative estimate of drug-likeness (QED) is 0.440. The molecule has 0 saturated carbocycles. The van der Waals surface area contributed by atoms with E-state index in [1.54, 1.807) is 0 Å². The standard InChI is InChI=1S/C22H30/c1-3-12-21(22-16-8-5-9-17-22)18-11-10-13-19(2)20-14-6-4-7-15-20/h4-9,14-17,19,21H,3,10-13,18H2,1-2H3. The minimum absolute atomic E-state index is 0.683. The first-order valence-electron chi connectivity index (χ1n) is 8.91. The molecule has 0 heterocycles. The number of unbranched alkanes of at least 4 members (excludes halogenated alkanes) is 1. The zero-order valence-corrected chi connectivity index (χ0v) is 14.2. The van der Waals surface area contributed by atoms with E-state index in [0.717, 1.165) is 5.92 Å². The molecule has 0 aliphatic rings. The van der Waals surface area contributed by atoms with Gasteiger partial charge in [-0.2, -0.15) is 0 Å². The monoisotopic (exact) mass is 294 g/mol. The first kappa shape index (κ1) is 16.8. The summed E-state index contributed by atoms with van der Waals surface area (Å²) in [6.45, 7) is 4.66. The first-order valence-corrected chi connectivity index (χ1v) is 8.91. The second-order valence-corrected chi connectivity index (χ2v) is 6.49. The first-order chi connectivity index (χ1) is 10.8. The van der Waals surface area contributed by atoms with Gasteiger partial charge in [0.05, 0.1) is 0 Å². The molecule has 0 fully saturated rings. The van der Waals surface area contributed by atoms with Gasteiger partial charge in [-0.3, -0.25) is 0 Å². The van der Waals surface area contributed by atoms with Gasteiger partial charge in [0.1, 0.15) is 0 Å². The number of hydrogen-bond donors (Lipinski definition) is 0. The lowest BCUT2D eigenvalue weighted by atomic mass is 9.88. The fourth-order valence-electron chi connectivity index (χ4n) is 3.34. The molecule has 0 N–H and O–H groups in total. The van der Waals surface area contributed by atoms with Crippen LogP contribution in [0.4, 0.5) is 0 Å². The molecule has 0 radical (unpaired) electrons. The lowest BCUT2D eigenvalue weighted by Crippen LogP contribution is -2.00. The Kier molecular flexibility index (Phi) is 7.22. The van der Waals surface area contributed by atoms with Gasteiger partial charge < -0.3 is 0 Å². The lowest BCUT2D eigenvalue weighted by Gasteiger charge is -2.17. The normalized spacial score (nSPS) is 13.7. The van der Waals surface area contributed by atoms with E-state index in [4.69, 9.17) is 0 Å². The molecule has 0 aliphatic carbocycles. The van der Waals surface area contributed by atoms with Crippen LogP contribution in [0.25, 0.3) is 0 Å². The van der Waals surface area contributed by atoms with E-state index < -0.39 is 0 Å². The van der Waals surface area contributed by atoms with E-state index in [2.05, 4.69) is 74.5 Å². The highest BCUT2D eigenvalue weighted by Gasteiger charge is 2.11. The fourth-order valence-corrected chi connectivity index (χ4v) is 3.34. The van der Waals surface area contributed by atoms with Gasteiger partial charge in [-0.25, -0.2) is 0 Å². The van der Waals surface area contributed by atoms with Gasteiger partial charge in [0.15, 0.2) is 0 Å². The van der Waals surface area contributed by atoms with Crippen LogP contribution in [-0.2, 0) is 0 Å². The zero-order chi connectivity index (χ0) is 15.6. The van der Waals surface area contributed by atoms with Crippen LogP contribution in [0.15, 0.2) is 60.7 Å². The summed E-state index contributed by atoms with van der Waals surface area (Å²) in [6, 6.07) is 22.0. The highest BCUT2D eigenvalue weighted by atomic mass is 14.2. The SMILES string of the molecule is CCCC(CCCCC(C)c1ccccc1)c1ccccc1. The van der Waals surface area contributed by atoms with Gasteiger partial charge in [0, 0.05) is 0 Å². The number of hydrogen-bond acceptors (Lipinski definition) is 0. The molecule has 2 rings (SSSR count). The maximum atomic E-state index is 2.36. The molecule has 0 amide bonds. The summed E-state index contributed by atoms with van der Waals surface area (Å²) in [5.41, 5.74) is 3.01.